The average Bonchev–Trinajstić information content (AvgIpc) is 3.33. The third-order valence-corrected chi connectivity index (χ3v) is 4.79. The summed E-state index contributed by atoms with van der Waals surface area (Å²) in [4.78, 5) is 18.7. The molecule has 1 aliphatic rings. The Kier molecular flexibility index (Phi) is 4.86. The van der Waals surface area contributed by atoms with Crippen LogP contribution in [0.25, 0.3) is 0 Å². The second-order valence-electron chi connectivity index (χ2n) is 6.54. The maximum Gasteiger partial charge on any atom is 0.224 e. The molecule has 8 heteroatoms. The zero-order valence-electron chi connectivity index (χ0n) is 15.3. The minimum Gasteiger partial charge on any atom is -0.471 e. The summed E-state index contributed by atoms with van der Waals surface area (Å²) >= 11 is 0. The van der Waals surface area contributed by atoms with Gasteiger partial charge >= 0.3 is 0 Å². The molecule has 0 aliphatic carbocycles. The molecule has 0 saturated carbocycles. The van der Waals surface area contributed by atoms with Gasteiger partial charge in [0.2, 0.25) is 11.8 Å². The van der Waals surface area contributed by atoms with E-state index in [4.69, 9.17) is 4.74 Å². The van der Waals surface area contributed by atoms with Crippen molar-refractivity contribution in [3.8, 4) is 5.88 Å². The Balaban J connectivity index is 1.42. The fourth-order valence-electron chi connectivity index (χ4n) is 3.37. The molecule has 1 aliphatic heterocycles. The van der Waals surface area contributed by atoms with Crippen LogP contribution in [0.15, 0.2) is 42.9 Å². The quantitative estimate of drug-likeness (QED) is 0.662. The molecular weight excluding hydrogens is 344 g/mol. The highest BCUT2D eigenvalue weighted by atomic mass is 16.5. The molecule has 0 atom stereocenters. The molecule has 27 heavy (non-hydrogen) atoms. The molecular formula is C19H22N6O2. The number of carbonyl (C=O) groups excluding carboxylic acids is 1. The predicted octanol–water partition coefficient (Wildman–Crippen LogP) is 1.57. The Morgan fingerprint density at radius 1 is 1.26 bits per heavy atom. The number of ether oxygens (including phenoxy) is 1. The summed E-state index contributed by atoms with van der Waals surface area (Å²) in [6.45, 7) is 2.22. The lowest BCUT2D eigenvalue weighted by Crippen LogP contribution is -2.37. The average molecular weight is 366 g/mol. The minimum atomic E-state index is 0.136. The van der Waals surface area contributed by atoms with Gasteiger partial charge in [-0.2, -0.15) is 10.2 Å². The number of amides is 1. The van der Waals surface area contributed by atoms with E-state index in [-0.39, 0.29) is 5.91 Å². The third-order valence-electron chi connectivity index (χ3n) is 4.79. The van der Waals surface area contributed by atoms with Crippen LogP contribution in [0.4, 0.5) is 0 Å². The Bertz CT molecular complexity index is 904. The summed E-state index contributed by atoms with van der Waals surface area (Å²) in [5, 5.41) is 8.75. The number of hydrogen-bond donors (Lipinski definition) is 0. The minimum absolute atomic E-state index is 0.136. The number of fused-ring (bicyclic) bond motifs is 1. The molecule has 0 aromatic carbocycles. The Labute approximate surface area is 157 Å². The van der Waals surface area contributed by atoms with Crippen molar-refractivity contribution in [1.82, 2.24) is 29.4 Å². The lowest BCUT2D eigenvalue weighted by atomic mass is 10.0. The van der Waals surface area contributed by atoms with Crippen LogP contribution in [0.2, 0.25) is 0 Å². The number of aryl methyl sites for hydroxylation is 2. The van der Waals surface area contributed by atoms with Gasteiger partial charge in [-0.05, 0) is 12.1 Å². The summed E-state index contributed by atoms with van der Waals surface area (Å²) in [7, 11) is 1.94. The van der Waals surface area contributed by atoms with Crippen LogP contribution in [-0.4, -0.2) is 41.9 Å². The van der Waals surface area contributed by atoms with E-state index < -0.39 is 0 Å². The van der Waals surface area contributed by atoms with Crippen LogP contribution in [0.5, 0.6) is 5.88 Å². The number of hydrogen-bond acceptors (Lipinski definition) is 5. The molecule has 0 saturated heterocycles. The van der Waals surface area contributed by atoms with Crippen LogP contribution in [-0.2, 0) is 38.0 Å². The van der Waals surface area contributed by atoms with Crippen molar-refractivity contribution >= 4 is 5.91 Å². The molecule has 3 aromatic heterocycles. The van der Waals surface area contributed by atoms with Gasteiger partial charge in [-0.3, -0.25) is 14.2 Å². The topological polar surface area (TPSA) is 78.1 Å². The summed E-state index contributed by atoms with van der Waals surface area (Å²) in [5.74, 6) is 0.705. The van der Waals surface area contributed by atoms with E-state index in [1.165, 1.54) is 5.69 Å². The predicted molar refractivity (Wildman–Crippen MR) is 97.7 cm³/mol. The first-order valence-electron chi connectivity index (χ1n) is 9.03. The van der Waals surface area contributed by atoms with E-state index >= 15 is 0 Å². The molecule has 0 spiro atoms. The lowest BCUT2D eigenvalue weighted by Gasteiger charge is -2.27. The number of pyridine rings is 1. The zero-order chi connectivity index (χ0) is 18.6. The van der Waals surface area contributed by atoms with Crippen LogP contribution >= 0.6 is 0 Å². The molecule has 0 radical (unpaired) electrons. The largest absolute Gasteiger partial charge is 0.471 e. The smallest absolute Gasteiger partial charge is 0.224 e. The molecule has 0 bridgehead atoms. The SMILES string of the molecule is Cn1nc(COc2ccccn2)c2c1CCN(C(=O)CCn1cccn1)C2. The Hall–Kier alpha value is -3.16. The van der Waals surface area contributed by atoms with Gasteiger partial charge in [-0.1, -0.05) is 6.07 Å². The van der Waals surface area contributed by atoms with Crippen molar-refractivity contribution in [3.05, 3.63) is 59.8 Å². The van der Waals surface area contributed by atoms with E-state index in [9.17, 15) is 4.79 Å². The Morgan fingerprint density at radius 3 is 2.96 bits per heavy atom. The van der Waals surface area contributed by atoms with Gasteiger partial charge in [-0.25, -0.2) is 4.98 Å². The van der Waals surface area contributed by atoms with Gasteiger partial charge in [0.25, 0.3) is 0 Å². The van der Waals surface area contributed by atoms with Crippen molar-refractivity contribution < 1.29 is 9.53 Å². The molecule has 3 aromatic rings. The van der Waals surface area contributed by atoms with Gasteiger partial charge in [0, 0.05) is 75.4 Å². The second kappa shape index (κ2) is 7.61. The summed E-state index contributed by atoms with van der Waals surface area (Å²) in [6.07, 6.45) is 6.53. The first-order valence-corrected chi connectivity index (χ1v) is 9.03. The van der Waals surface area contributed by atoms with Gasteiger partial charge in [0.1, 0.15) is 12.3 Å². The first kappa shape index (κ1) is 17.3. The molecule has 0 fully saturated rings. The van der Waals surface area contributed by atoms with E-state index in [1.807, 2.05) is 47.1 Å². The van der Waals surface area contributed by atoms with Crippen molar-refractivity contribution in [2.24, 2.45) is 7.05 Å². The van der Waals surface area contributed by atoms with E-state index in [0.29, 0.717) is 38.5 Å². The van der Waals surface area contributed by atoms with E-state index in [0.717, 1.165) is 17.7 Å². The highest BCUT2D eigenvalue weighted by molar-refractivity contribution is 5.76. The molecule has 0 unspecified atom stereocenters. The van der Waals surface area contributed by atoms with Crippen molar-refractivity contribution in [3.63, 3.8) is 0 Å². The number of nitrogens with zero attached hydrogens (tertiary/aromatic N) is 6. The summed E-state index contributed by atoms with van der Waals surface area (Å²) in [6, 6.07) is 7.42. The molecule has 4 rings (SSSR count). The van der Waals surface area contributed by atoms with E-state index in [1.54, 1.807) is 17.1 Å². The summed E-state index contributed by atoms with van der Waals surface area (Å²) < 4.78 is 9.44. The normalized spacial score (nSPS) is 13.4. The maximum atomic E-state index is 12.6. The molecule has 140 valence electrons. The zero-order valence-corrected chi connectivity index (χ0v) is 15.3. The van der Waals surface area contributed by atoms with Gasteiger partial charge in [0.05, 0.1) is 0 Å². The fourth-order valence-corrected chi connectivity index (χ4v) is 3.37. The number of carbonyl (C=O) groups is 1. The number of rotatable bonds is 6. The monoisotopic (exact) mass is 366 g/mol. The van der Waals surface area contributed by atoms with Crippen molar-refractivity contribution in [2.45, 2.75) is 32.5 Å². The van der Waals surface area contributed by atoms with Crippen LogP contribution in [0.3, 0.4) is 0 Å². The fraction of sp³-hybridized carbons (Fsp3) is 0.368. The molecule has 0 N–H and O–H groups in total. The van der Waals surface area contributed by atoms with Crippen molar-refractivity contribution in [1.29, 1.82) is 0 Å². The molecule has 1 amide bonds. The highest BCUT2D eigenvalue weighted by Crippen LogP contribution is 2.23. The summed E-state index contributed by atoms with van der Waals surface area (Å²) in [5.41, 5.74) is 3.13. The van der Waals surface area contributed by atoms with Crippen molar-refractivity contribution in [2.75, 3.05) is 6.54 Å². The van der Waals surface area contributed by atoms with E-state index in [2.05, 4.69) is 15.2 Å². The van der Waals surface area contributed by atoms with Gasteiger partial charge < -0.3 is 9.64 Å². The van der Waals surface area contributed by atoms with Crippen LogP contribution in [0, 0.1) is 0 Å². The van der Waals surface area contributed by atoms with Gasteiger partial charge in [-0.15, -0.1) is 0 Å². The third kappa shape index (κ3) is 3.84. The van der Waals surface area contributed by atoms with Crippen LogP contribution in [0.1, 0.15) is 23.4 Å². The maximum absolute atomic E-state index is 12.6. The first-order chi connectivity index (χ1) is 13.2. The van der Waals surface area contributed by atoms with Gasteiger partial charge in [0.15, 0.2) is 0 Å². The highest BCUT2D eigenvalue weighted by Gasteiger charge is 2.26. The van der Waals surface area contributed by atoms with Crippen LogP contribution < -0.4 is 4.74 Å². The molecule has 8 nitrogen and oxygen atoms in total. The lowest BCUT2D eigenvalue weighted by molar-refractivity contribution is -0.132. The standard InChI is InChI=1S/C19H22N6O2/c1-23-17-6-11-24(19(26)7-12-25-10-4-9-21-25)13-15(17)16(22-23)14-27-18-5-2-3-8-20-18/h2-5,8-10H,6-7,11-14H2,1H3. The number of aromatic nitrogens is 5. The Morgan fingerprint density at radius 2 is 2.19 bits per heavy atom. The molecule has 4 heterocycles. The second-order valence-corrected chi connectivity index (χ2v) is 6.54.